The van der Waals surface area contributed by atoms with Gasteiger partial charge in [-0.15, -0.1) is 0 Å². The fourth-order valence-electron chi connectivity index (χ4n) is 5.83. The molecule has 2 N–H and O–H groups in total. The average molecular weight is 398 g/mol. The fourth-order valence-corrected chi connectivity index (χ4v) is 5.83. The highest BCUT2D eigenvalue weighted by Gasteiger charge is 2.52. The molecule has 0 aromatic heterocycles. The normalized spacial score (nSPS) is 31.8. The molecule has 6 nitrogen and oxygen atoms in total. The lowest BCUT2D eigenvalue weighted by molar-refractivity contribution is -0.135. The molecule has 3 aliphatic rings. The van der Waals surface area contributed by atoms with E-state index in [2.05, 4.69) is 17.6 Å². The Morgan fingerprint density at radius 1 is 1.24 bits per heavy atom. The van der Waals surface area contributed by atoms with E-state index in [-0.39, 0.29) is 24.4 Å². The molecule has 0 radical (unpaired) electrons. The van der Waals surface area contributed by atoms with Crippen molar-refractivity contribution in [1.29, 1.82) is 0 Å². The van der Waals surface area contributed by atoms with Gasteiger partial charge in [-0.3, -0.25) is 14.5 Å². The molecule has 1 saturated heterocycles. The van der Waals surface area contributed by atoms with Crippen LogP contribution in [0, 0.1) is 17.8 Å². The molecule has 1 aliphatic heterocycles. The molecule has 4 rings (SSSR count). The van der Waals surface area contributed by atoms with Gasteiger partial charge in [-0.05, 0) is 55.9 Å². The van der Waals surface area contributed by atoms with Crippen molar-refractivity contribution < 1.29 is 14.4 Å². The minimum absolute atomic E-state index is 0.0769. The summed E-state index contributed by atoms with van der Waals surface area (Å²) in [7, 11) is 0. The fraction of sp³-hybridized carbons (Fsp3) is 0.609. The van der Waals surface area contributed by atoms with Crippen LogP contribution in [0.5, 0.6) is 0 Å². The maximum atomic E-state index is 13.3. The Kier molecular flexibility index (Phi) is 5.36. The maximum absolute atomic E-state index is 13.3. The topological polar surface area (TPSA) is 78.5 Å². The quantitative estimate of drug-likeness (QED) is 0.694. The van der Waals surface area contributed by atoms with Gasteiger partial charge in [0.05, 0.1) is 0 Å². The monoisotopic (exact) mass is 397 g/mol. The van der Waals surface area contributed by atoms with Crippen LogP contribution in [0.1, 0.15) is 57.9 Å². The third kappa shape index (κ3) is 3.53. The third-order valence-electron chi connectivity index (χ3n) is 7.19. The number of hydrogen-bond donors (Lipinski definition) is 2. The third-order valence-corrected chi connectivity index (χ3v) is 7.19. The van der Waals surface area contributed by atoms with Gasteiger partial charge in [0, 0.05) is 6.04 Å². The molecule has 29 heavy (non-hydrogen) atoms. The summed E-state index contributed by atoms with van der Waals surface area (Å²) in [6.45, 7) is 3.81. The molecular formula is C23H31N3O3. The summed E-state index contributed by atoms with van der Waals surface area (Å²) in [5.74, 6) is 1.45. The molecule has 2 aliphatic carbocycles. The number of carbonyl (C=O) groups excluding carboxylic acids is 3. The van der Waals surface area contributed by atoms with E-state index in [1.165, 1.54) is 25.7 Å². The van der Waals surface area contributed by atoms with Crippen molar-refractivity contribution in [2.75, 3.05) is 6.54 Å². The SMILES string of the molecule is CCCC1(c2ccccc2)NC(=O)N(CC(=O)NC(C)C2CC3CCC2C3)C1=O. The number of carbonyl (C=O) groups is 3. The minimum atomic E-state index is -1.08. The largest absolute Gasteiger partial charge is 0.352 e. The molecule has 5 unspecified atom stereocenters. The van der Waals surface area contributed by atoms with Crippen LogP contribution in [0.4, 0.5) is 4.79 Å². The van der Waals surface area contributed by atoms with E-state index in [0.717, 1.165) is 22.8 Å². The lowest BCUT2D eigenvalue weighted by Gasteiger charge is -2.29. The second-order valence-corrected chi connectivity index (χ2v) is 9.04. The molecule has 1 heterocycles. The van der Waals surface area contributed by atoms with Crippen LogP contribution >= 0.6 is 0 Å². The Morgan fingerprint density at radius 3 is 2.62 bits per heavy atom. The standard InChI is InChI=1S/C23H31N3O3/c1-3-11-23(18-7-5-4-6-8-18)21(28)26(22(29)25-23)14-20(27)24-15(2)19-13-16-9-10-17(19)12-16/h4-8,15-17,19H,3,9-14H2,1-2H3,(H,24,27)(H,25,29). The summed E-state index contributed by atoms with van der Waals surface area (Å²) >= 11 is 0. The number of nitrogens with zero attached hydrogens (tertiary/aromatic N) is 1. The molecule has 0 spiro atoms. The number of imide groups is 1. The van der Waals surface area contributed by atoms with Crippen molar-refractivity contribution in [2.45, 2.75) is 64.0 Å². The number of benzene rings is 1. The number of hydrogen-bond acceptors (Lipinski definition) is 3. The van der Waals surface area contributed by atoms with Gasteiger partial charge < -0.3 is 10.6 Å². The summed E-state index contributed by atoms with van der Waals surface area (Å²) in [5.41, 5.74) is -0.317. The van der Waals surface area contributed by atoms with Crippen molar-refractivity contribution in [2.24, 2.45) is 17.8 Å². The van der Waals surface area contributed by atoms with Gasteiger partial charge in [0.2, 0.25) is 5.91 Å². The van der Waals surface area contributed by atoms with Gasteiger partial charge in [0.15, 0.2) is 0 Å². The van der Waals surface area contributed by atoms with Crippen molar-refractivity contribution >= 4 is 17.8 Å². The van der Waals surface area contributed by atoms with Crippen molar-refractivity contribution in [3.05, 3.63) is 35.9 Å². The zero-order valence-corrected chi connectivity index (χ0v) is 17.3. The molecule has 2 bridgehead atoms. The van der Waals surface area contributed by atoms with E-state index < -0.39 is 11.6 Å². The lowest BCUT2D eigenvalue weighted by Crippen LogP contribution is -2.47. The van der Waals surface area contributed by atoms with Crippen LogP contribution in [0.25, 0.3) is 0 Å². The highest BCUT2D eigenvalue weighted by molar-refractivity contribution is 6.09. The summed E-state index contributed by atoms with van der Waals surface area (Å²) < 4.78 is 0. The highest BCUT2D eigenvalue weighted by Crippen LogP contribution is 2.49. The van der Waals surface area contributed by atoms with Crippen LogP contribution < -0.4 is 10.6 Å². The van der Waals surface area contributed by atoms with Crippen LogP contribution in [-0.2, 0) is 15.1 Å². The Hall–Kier alpha value is -2.37. The van der Waals surface area contributed by atoms with Crippen molar-refractivity contribution in [3.63, 3.8) is 0 Å². The van der Waals surface area contributed by atoms with Gasteiger partial charge in [0.1, 0.15) is 12.1 Å². The molecular weight excluding hydrogens is 366 g/mol. The number of amides is 4. The Labute approximate surface area is 172 Å². The molecule has 2 saturated carbocycles. The summed E-state index contributed by atoms with van der Waals surface area (Å²) in [5, 5.41) is 5.94. The molecule has 6 heteroatoms. The highest BCUT2D eigenvalue weighted by atomic mass is 16.2. The lowest BCUT2D eigenvalue weighted by atomic mass is 9.84. The van der Waals surface area contributed by atoms with Crippen LogP contribution in [0.2, 0.25) is 0 Å². The summed E-state index contributed by atoms with van der Waals surface area (Å²) in [6.07, 6.45) is 6.29. The van der Waals surface area contributed by atoms with Crippen LogP contribution in [-0.4, -0.2) is 35.3 Å². The van der Waals surface area contributed by atoms with Gasteiger partial charge in [-0.1, -0.05) is 50.1 Å². The Morgan fingerprint density at radius 2 is 2.00 bits per heavy atom. The van der Waals surface area contributed by atoms with E-state index >= 15 is 0 Å². The molecule has 3 fully saturated rings. The average Bonchev–Trinajstić information content (AvgIpc) is 3.40. The first-order valence-corrected chi connectivity index (χ1v) is 10.9. The van der Waals surface area contributed by atoms with Gasteiger partial charge in [-0.25, -0.2) is 4.79 Å². The van der Waals surface area contributed by atoms with Gasteiger partial charge in [0.25, 0.3) is 5.91 Å². The molecule has 156 valence electrons. The predicted octanol–water partition coefficient (Wildman–Crippen LogP) is 3.17. The molecule has 1 aromatic carbocycles. The van der Waals surface area contributed by atoms with E-state index in [0.29, 0.717) is 18.3 Å². The number of rotatable bonds is 7. The first-order chi connectivity index (χ1) is 13.9. The summed E-state index contributed by atoms with van der Waals surface area (Å²) in [4.78, 5) is 39.7. The summed E-state index contributed by atoms with van der Waals surface area (Å²) in [6, 6.07) is 8.90. The molecule has 5 atom stereocenters. The van der Waals surface area contributed by atoms with Crippen LogP contribution in [0.15, 0.2) is 30.3 Å². The predicted molar refractivity (Wildman–Crippen MR) is 110 cm³/mol. The van der Waals surface area contributed by atoms with E-state index in [9.17, 15) is 14.4 Å². The maximum Gasteiger partial charge on any atom is 0.325 e. The second kappa shape index (κ2) is 7.81. The molecule has 4 amide bonds. The van der Waals surface area contributed by atoms with E-state index in [4.69, 9.17) is 0 Å². The van der Waals surface area contributed by atoms with Gasteiger partial charge in [-0.2, -0.15) is 0 Å². The van der Waals surface area contributed by atoms with E-state index in [1.807, 2.05) is 37.3 Å². The Bertz CT molecular complexity index is 796. The number of fused-ring (bicyclic) bond motifs is 2. The smallest absolute Gasteiger partial charge is 0.325 e. The van der Waals surface area contributed by atoms with Crippen molar-refractivity contribution in [3.8, 4) is 0 Å². The van der Waals surface area contributed by atoms with Gasteiger partial charge >= 0.3 is 6.03 Å². The first kappa shape index (κ1) is 19.9. The number of urea groups is 1. The number of nitrogens with one attached hydrogen (secondary N) is 2. The Balaban J connectivity index is 1.44. The van der Waals surface area contributed by atoms with Crippen molar-refractivity contribution in [1.82, 2.24) is 15.5 Å². The first-order valence-electron chi connectivity index (χ1n) is 10.9. The minimum Gasteiger partial charge on any atom is -0.352 e. The van der Waals surface area contributed by atoms with Crippen LogP contribution in [0.3, 0.4) is 0 Å². The zero-order chi connectivity index (χ0) is 20.6. The zero-order valence-electron chi connectivity index (χ0n) is 17.3. The molecule has 1 aromatic rings. The second-order valence-electron chi connectivity index (χ2n) is 9.04. The van der Waals surface area contributed by atoms with E-state index in [1.54, 1.807) is 0 Å².